The first-order valence-corrected chi connectivity index (χ1v) is 4.20. The first kappa shape index (κ1) is 11.0. The topological polar surface area (TPSA) is 77.8 Å². The molecule has 0 aliphatic heterocycles. The summed E-state index contributed by atoms with van der Waals surface area (Å²) < 4.78 is 0. The Balaban J connectivity index is 4.22. The molecule has 4 nitrogen and oxygen atoms in total. The summed E-state index contributed by atoms with van der Waals surface area (Å²) in [5.41, 5.74) is -0.779. The van der Waals surface area contributed by atoms with Crippen LogP contribution in [0.5, 0.6) is 0 Å². The molecule has 12 heavy (non-hydrogen) atoms. The molecule has 1 unspecified atom stereocenters. The van der Waals surface area contributed by atoms with E-state index in [9.17, 15) is 4.79 Å². The van der Waals surface area contributed by atoms with E-state index in [1.165, 1.54) is 13.8 Å². The van der Waals surface area contributed by atoms with Gasteiger partial charge in [0.25, 0.3) is 0 Å². The molecule has 3 N–H and O–H groups in total. The molecular weight excluding hydrogens is 179 g/mol. The molecule has 0 spiro atoms. The molecule has 68 valence electrons. The quantitative estimate of drug-likeness (QED) is 0.361. The van der Waals surface area contributed by atoms with E-state index in [0.717, 1.165) is 6.08 Å². The molecule has 5 heteroatoms. The fraction of sp³-hybridized carbons (Fsp3) is 0.286. The van der Waals surface area contributed by atoms with Gasteiger partial charge in [-0.15, -0.1) is 0 Å². The highest BCUT2D eigenvalue weighted by atomic mass is 31.1. The van der Waals surface area contributed by atoms with Crippen molar-refractivity contribution in [3.8, 4) is 0 Å². The van der Waals surface area contributed by atoms with Gasteiger partial charge >= 0.3 is 0 Å². The van der Waals surface area contributed by atoms with Crippen LogP contribution in [0.3, 0.4) is 0 Å². The van der Waals surface area contributed by atoms with Crippen LogP contribution in [0.4, 0.5) is 0 Å². The van der Waals surface area contributed by atoms with Crippen molar-refractivity contribution in [2.75, 3.05) is 0 Å². The average Bonchev–Trinajstić information content (AvgIpc) is 1.84. The molecule has 0 heterocycles. The van der Waals surface area contributed by atoms with Crippen LogP contribution in [0, 0.1) is 0 Å². The summed E-state index contributed by atoms with van der Waals surface area (Å²) >= 11 is 0. The van der Waals surface area contributed by atoms with E-state index in [4.69, 9.17) is 15.3 Å². The number of aliphatic hydroxyl groups excluding tert-OH is 3. The van der Waals surface area contributed by atoms with E-state index in [-0.39, 0.29) is 17.0 Å². The second kappa shape index (κ2) is 4.78. The van der Waals surface area contributed by atoms with E-state index < -0.39 is 14.1 Å². The number of carbonyl (C=O) groups is 1. The molecule has 0 amide bonds. The first-order valence-electron chi connectivity index (χ1n) is 3.20. The summed E-state index contributed by atoms with van der Waals surface area (Å²) in [6.45, 7) is 2.64. The maximum atomic E-state index is 10.8. The molecule has 0 rings (SSSR count). The normalized spacial score (nSPS) is 15.0. The molecule has 0 aliphatic rings. The van der Waals surface area contributed by atoms with Gasteiger partial charge in [-0.1, -0.05) is 0 Å². The van der Waals surface area contributed by atoms with Crippen molar-refractivity contribution in [2.45, 2.75) is 13.8 Å². The van der Waals surface area contributed by atoms with Crippen LogP contribution < -0.4 is 0 Å². The highest BCUT2D eigenvalue weighted by molar-refractivity contribution is 7.62. The fourth-order valence-corrected chi connectivity index (χ4v) is 1.13. The van der Waals surface area contributed by atoms with Crippen LogP contribution in [0.15, 0.2) is 23.1 Å². The summed E-state index contributed by atoms with van der Waals surface area (Å²) in [4.78, 5) is 10.8. The zero-order valence-electron chi connectivity index (χ0n) is 6.83. The predicted octanol–water partition coefficient (Wildman–Crippen LogP) is 1.96. The molecule has 0 bridgehead atoms. The lowest BCUT2D eigenvalue weighted by molar-refractivity contribution is -0.107. The number of allylic oxidation sites excluding steroid dienone is 3. The third-order valence-electron chi connectivity index (χ3n) is 0.924. The number of carbonyl (C=O) groups excluding carboxylic acids is 1. The zero-order valence-corrected chi connectivity index (χ0v) is 7.83. The molecule has 0 radical (unpaired) electrons. The Morgan fingerprint density at radius 1 is 1.25 bits per heavy atom. The van der Waals surface area contributed by atoms with Crippen LogP contribution in [-0.4, -0.2) is 20.8 Å². The van der Waals surface area contributed by atoms with E-state index in [1.807, 2.05) is 0 Å². The average molecular weight is 190 g/mol. The third kappa shape index (κ3) is 4.74. The van der Waals surface area contributed by atoms with Gasteiger partial charge in [0.15, 0.2) is 11.0 Å². The predicted molar refractivity (Wildman–Crippen MR) is 47.7 cm³/mol. The Hall–Kier alpha value is -1.02. The number of hydrogen-bond donors (Lipinski definition) is 3. The molecule has 1 atom stereocenters. The van der Waals surface area contributed by atoms with E-state index in [0.29, 0.717) is 0 Å². The van der Waals surface area contributed by atoms with Crippen molar-refractivity contribution < 1.29 is 20.1 Å². The highest BCUT2D eigenvalue weighted by Gasteiger charge is 2.04. The molecule has 0 aromatic carbocycles. The molecule has 0 aromatic rings. The van der Waals surface area contributed by atoms with Crippen molar-refractivity contribution in [3.05, 3.63) is 23.1 Å². The second-order valence-electron chi connectivity index (χ2n) is 2.21. The SMILES string of the molecule is C/C(O)=C\C(=O)P/C(O)=C(\C)O. The molecule has 0 aromatic heterocycles. The minimum atomic E-state index is -0.537. The van der Waals surface area contributed by atoms with E-state index >= 15 is 0 Å². The maximum Gasteiger partial charge on any atom is 0.185 e. The molecular formula is C7H11O4P. The monoisotopic (exact) mass is 190 g/mol. The fourth-order valence-electron chi connectivity index (χ4n) is 0.433. The van der Waals surface area contributed by atoms with Crippen LogP contribution in [0.2, 0.25) is 0 Å². The van der Waals surface area contributed by atoms with Gasteiger partial charge in [-0.25, -0.2) is 0 Å². The lowest BCUT2D eigenvalue weighted by atomic mass is 10.5. The van der Waals surface area contributed by atoms with Gasteiger partial charge in [-0.05, 0) is 13.8 Å². The largest absolute Gasteiger partial charge is 0.512 e. The van der Waals surface area contributed by atoms with Crippen molar-refractivity contribution in [1.29, 1.82) is 0 Å². The van der Waals surface area contributed by atoms with Gasteiger partial charge in [0.1, 0.15) is 5.76 Å². The summed E-state index contributed by atoms with van der Waals surface area (Å²) in [5, 5.41) is 26.3. The van der Waals surface area contributed by atoms with E-state index in [2.05, 4.69) is 0 Å². The molecule has 0 fully saturated rings. The molecule has 0 saturated carbocycles. The number of rotatable bonds is 3. The Bertz CT molecular complexity index is 234. The third-order valence-corrected chi connectivity index (χ3v) is 1.91. The van der Waals surface area contributed by atoms with Crippen LogP contribution in [0.1, 0.15) is 13.8 Å². The van der Waals surface area contributed by atoms with Gasteiger partial charge in [0.2, 0.25) is 0 Å². The van der Waals surface area contributed by atoms with Gasteiger partial charge in [-0.2, -0.15) is 0 Å². The van der Waals surface area contributed by atoms with Crippen molar-refractivity contribution in [1.82, 2.24) is 0 Å². The number of aliphatic hydroxyl groups is 3. The summed E-state index contributed by atoms with van der Waals surface area (Å²) in [6.07, 6.45) is 0.998. The Labute approximate surface area is 72.0 Å². The van der Waals surface area contributed by atoms with E-state index in [1.54, 1.807) is 0 Å². The minimum Gasteiger partial charge on any atom is -0.512 e. The molecule has 0 aliphatic carbocycles. The summed E-state index contributed by atoms with van der Waals surface area (Å²) in [5.74, 6) is -0.387. The molecule has 0 saturated heterocycles. The van der Waals surface area contributed by atoms with Crippen LogP contribution in [0.25, 0.3) is 0 Å². The van der Waals surface area contributed by atoms with Crippen molar-refractivity contribution >= 4 is 14.1 Å². The van der Waals surface area contributed by atoms with Gasteiger partial charge in [0.05, 0.1) is 5.76 Å². The minimum absolute atomic E-state index is 0.115. The number of hydrogen-bond acceptors (Lipinski definition) is 4. The summed E-state index contributed by atoms with van der Waals surface area (Å²) in [6, 6.07) is 0. The Kier molecular flexibility index (Phi) is 4.37. The smallest absolute Gasteiger partial charge is 0.185 e. The first-order chi connectivity index (χ1) is 5.43. The zero-order chi connectivity index (χ0) is 9.72. The lowest BCUT2D eigenvalue weighted by Crippen LogP contribution is -1.88. The highest BCUT2D eigenvalue weighted by Crippen LogP contribution is 2.24. The lowest BCUT2D eigenvalue weighted by Gasteiger charge is -1.97. The maximum absolute atomic E-state index is 10.8. The van der Waals surface area contributed by atoms with Gasteiger partial charge < -0.3 is 15.3 Å². The summed E-state index contributed by atoms with van der Waals surface area (Å²) in [7, 11) is -0.537. The van der Waals surface area contributed by atoms with Crippen molar-refractivity contribution in [2.24, 2.45) is 0 Å². The Morgan fingerprint density at radius 2 is 1.75 bits per heavy atom. The Morgan fingerprint density at radius 3 is 2.08 bits per heavy atom. The van der Waals surface area contributed by atoms with Crippen molar-refractivity contribution in [3.63, 3.8) is 0 Å². The second-order valence-corrected chi connectivity index (χ2v) is 3.43. The standard InChI is InChI=1S/C7H11O4P/c1-4(8)3-6(10)12-7(11)5(2)9/h3,8-9,11-12H,1-2H3/b4-3+,7-5+. The van der Waals surface area contributed by atoms with Gasteiger partial charge in [0, 0.05) is 14.7 Å². The van der Waals surface area contributed by atoms with Gasteiger partial charge in [-0.3, -0.25) is 4.79 Å². The van der Waals surface area contributed by atoms with Crippen LogP contribution in [-0.2, 0) is 4.79 Å². The van der Waals surface area contributed by atoms with Crippen LogP contribution >= 0.6 is 8.58 Å².